The molecule has 2 aliphatic rings. The van der Waals surface area contributed by atoms with Gasteiger partial charge in [-0.2, -0.15) is 8.42 Å². The van der Waals surface area contributed by atoms with E-state index < -0.39 is 16.0 Å². The smallest absolute Gasteiger partial charge is 0.282 e. The van der Waals surface area contributed by atoms with Crippen LogP contribution >= 0.6 is 0 Å². The molecule has 2 fully saturated rings. The zero-order valence-electron chi connectivity index (χ0n) is 11.8. The van der Waals surface area contributed by atoms with Crippen LogP contribution in [0, 0.1) is 5.92 Å². The van der Waals surface area contributed by atoms with Gasteiger partial charge in [0.15, 0.2) is 0 Å². The summed E-state index contributed by atoms with van der Waals surface area (Å²) in [5, 5.41) is 3.03. The van der Waals surface area contributed by atoms with Crippen molar-refractivity contribution in [1.29, 1.82) is 0 Å². The SMILES string of the molecule is O=C1C(Cc2ccc(S(=O)(=O)O)cc2)C(=O)N2CCCCN12. The fourth-order valence-corrected chi connectivity index (χ4v) is 3.38. The van der Waals surface area contributed by atoms with Crippen LogP contribution in [0.4, 0.5) is 0 Å². The minimum Gasteiger partial charge on any atom is -0.282 e. The Balaban J connectivity index is 1.78. The van der Waals surface area contributed by atoms with E-state index in [4.69, 9.17) is 4.55 Å². The molecule has 0 saturated carbocycles. The highest BCUT2D eigenvalue weighted by atomic mass is 32.2. The van der Waals surface area contributed by atoms with Crippen LogP contribution in [0.2, 0.25) is 0 Å². The van der Waals surface area contributed by atoms with E-state index in [1.807, 2.05) is 0 Å². The number of benzene rings is 1. The first kappa shape index (κ1) is 15.0. The molecule has 0 bridgehead atoms. The lowest BCUT2D eigenvalue weighted by molar-refractivity contribution is -0.150. The normalized spacial score (nSPS) is 19.7. The molecule has 8 heteroatoms. The maximum atomic E-state index is 12.3. The lowest BCUT2D eigenvalue weighted by Gasteiger charge is -2.31. The van der Waals surface area contributed by atoms with Gasteiger partial charge in [-0.1, -0.05) is 12.1 Å². The number of hydrogen-bond donors (Lipinski definition) is 1. The van der Waals surface area contributed by atoms with E-state index in [9.17, 15) is 18.0 Å². The topological polar surface area (TPSA) is 95.0 Å². The summed E-state index contributed by atoms with van der Waals surface area (Å²) in [6.45, 7) is 1.14. The molecule has 0 atom stereocenters. The molecule has 0 aromatic heterocycles. The largest absolute Gasteiger partial charge is 0.294 e. The van der Waals surface area contributed by atoms with Gasteiger partial charge in [-0.05, 0) is 37.0 Å². The van der Waals surface area contributed by atoms with Gasteiger partial charge in [-0.15, -0.1) is 0 Å². The van der Waals surface area contributed by atoms with Crippen molar-refractivity contribution in [3.05, 3.63) is 29.8 Å². The zero-order valence-corrected chi connectivity index (χ0v) is 12.6. The lowest BCUT2D eigenvalue weighted by atomic mass is 9.99. The van der Waals surface area contributed by atoms with Gasteiger partial charge in [0.25, 0.3) is 21.9 Å². The molecule has 0 spiro atoms. The van der Waals surface area contributed by atoms with Crippen LogP contribution in [0.1, 0.15) is 18.4 Å². The average molecular weight is 324 g/mol. The molecule has 1 aromatic rings. The lowest BCUT2D eigenvalue weighted by Crippen LogP contribution is -2.45. The molecule has 0 unspecified atom stereocenters. The van der Waals surface area contributed by atoms with Crippen molar-refractivity contribution < 1.29 is 22.6 Å². The Morgan fingerprint density at radius 1 is 1.00 bits per heavy atom. The van der Waals surface area contributed by atoms with Crippen LogP contribution in [0.15, 0.2) is 29.2 Å². The Bertz CT molecular complexity index is 689. The average Bonchev–Trinajstić information content (AvgIpc) is 2.73. The predicted octanol–water partition coefficient (Wildman–Crippen LogP) is 0.472. The summed E-state index contributed by atoms with van der Waals surface area (Å²) < 4.78 is 30.9. The van der Waals surface area contributed by atoms with E-state index in [1.165, 1.54) is 34.3 Å². The minimum atomic E-state index is -4.24. The molecule has 0 aliphatic carbocycles. The van der Waals surface area contributed by atoms with Gasteiger partial charge in [-0.25, -0.2) is 0 Å². The highest BCUT2D eigenvalue weighted by Crippen LogP contribution is 2.27. The third-order valence-electron chi connectivity index (χ3n) is 4.05. The maximum absolute atomic E-state index is 12.3. The molecule has 1 N–H and O–H groups in total. The van der Waals surface area contributed by atoms with Crippen molar-refractivity contribution in [2.75, 3.05) is 13.1 Å². The van der Waals surface area contributed by atoms with Crippen LogP contribution in [-0.4, -0.2) is 47.9 Å². The molecule has 118 valence electrons. The van der Waals surface area contributed by atoms with Gasteiger partial charge in [0.05, 0.1) is 4.90 Å². The molecule has 7 nitrogen and oxygen atoms in total. The molecule has 1 aromatic carbocycles. The number of hydrazine groups is 1. The predicted molar refractivity (Wildman–Crippen MR) is 76.1 cm³/mol. The van der Waals surface area contributed by atoms with Gasteiger partial charge in [0, 0.05) is 13.1 Å². The summed E-state index contributed by atoms with van der Waals surface area (Å²) in [5.41, 5.74) is 0.681. The third-order valence-corrected chi connectivity index (χ3v) is 4.92. The summed E-state index contributed by atoms with van der Waals surface area (Å²) in [7, 11) is -4.24. The van der Waals surface area contributed by atoms with Crippen molar-refractivity contribution in [2.24, 2.45) is 5.92 Å². The Morgan fingerprint density at radius 3 is 1.95 bits per heavy atom. The van der Waals surface area contributed by atoms with Crippen molar-refractivity contribution in [3.8, 4) is 0 Å². The first-order chi connectivity index (χ1) is 10.4. The van der Waals surface area contributed by atoms with Gasteiger partial charge in [0.2, 0.25) is 0 Å². The Labute approximate surface area is 128 Å². The quantitative estimate of drug-likeness (QED) is 0.644. The first-order valence-electron chi connectivity index (χ1n) is 7.07. The summed E-state index contributed by atoms with van der Waals surface area (Å²) in [6, 6.07) is 5.55. The van der Waals surface area contributed by atoms with Gasteiger partial charge in [0.1, 0.15) is 5.92 Å². The summed E-state index contributed by atoms with van der Waals surface area (Å²) in [4.78, 5) is 24.4. The molecule has 2 heterocycles. The molecule has 2 amide bonds. The van der Waals surface area contributed by atoms with Crippen molar-refractivity contribution in [1.82, 2.24) is 10.0 Å². The number of nitrogens with zero attached hydrogens (tertiary/aromatic N) is 2. The van der Waals surface area contributed by atoms with Gasteiger partial charge in [-0.3, -0.25) is 24.2 Å². The van der Waals surface area contributed by atoms with Crippen molar-refractivity contribution in [2.45, 2.75) is 24.2 Å². The summed E-state index contributed by atoms with van der Waals surface area (Å²) in [6.07, 6.45) is 2.02. The van der Waals surface area contributed by atoms with Crippen LogP contribution in [0.25, 0.3) is 0 Å². The van der Waals surface area contributed by atoms with Crippen LogP contribution < -0.4 is 0 Å². The van der Waals surface area contributed by atoms with Crippen LogP contribution in [-0.2, 0) is 26.1 Å². The zero-order chi connectivity index (χ0) is 15.9. The number of hydrogen-bond acceptors (Lipinski definition) is 4. The second kappa shape index (κ2) is 5.36. The number of fused-ring (bicyclic) bond motifs is 1. The molecule has 0 radical (unpaired) electrons. The Kier molecular flexibility index (Phi) is 3.65. The monoisotopic (exact) mass is 324 g/mol. The number of amides is 2. The first-order valence-corrected chi connectivity index (χ1v) is 8.51. The molecule has 2 saturated heterocycles. The fraction of sp³-hybridized carbons (Fsp3) is 0.429. The van der Waals surface area contributed by atoms with Crippen molar-refractivity contribution in [3.63, 3.8) is 0 Å². The highest BCUT2D eigenvalue weighted by molar-refractivity contribution is 7.85. The van der Waals surface area contributed by atoms with Gasteiger partial charge >= 0.3 is 0 Å². The Hall–Kier alpha value is -1.93. The number of rotatable bonds is 3. The molecule has 22 heavy (non-hydrogen) atoms. The summed E-state index contributed by atoms with van der Waals surface area (Å²) >= 11 is 0. The standard InChI is InChI=1S/C14H16N2O5S/c17-13-12(14(18)16-8-2-1-7-15(13)16)9-10-3-5-11(6-4-10)22(19,20)21/h3-6,12H,1-2,7-9H2,(H,19,20,21). The number of carbonyl (C=O) groups excluding carboxylic acids is 2. The second-order valence-electron chi connectivity index (χ2n) is 5.51. The molecular weight excluding hydrogens is 308 g/mol. The van der Waals surface area contributed by atoms with E-state index in [-0.39, 0.29) is 23.1 Å². The van der Waals surface area contributed by atoms with E-state index in [0.29, 0.717) is 18.7 Å². The van der Waals surface area contributed by atoms with Gasteiger partial charge < -0.3 is 0 Å². The fourth-order valence-electron chi connectivity index (χ4n) is 2.90. The van der Waals surface area contributed by atoms with Crippen LogP contribution in [0.5, 0.6) is 0 Å². The second-order valence-corrected chi connectivity index (χ2v) is 6.93. The van der Waals surface area contributed by atoms with E-state index in [2.05, 4.69) is 0 Å². The third kappa shape index (κ3) is 2.59. The Morgan fingerprint density at radius 2 is 1.50 bits per heavy atom. The maximum Gasteiger partial charge on any atom is 0.294 e. The summed E-state index contributed by atoms with van der Waals surface area (Å²) in [5.74, 6) is -1.12. The molecule has 3 rings (SSSR count). The van der Waals surface area contributed by atoms with E-state index in [1.54, 1.807) is 0 Å². The van der Waals surface area contributed by atoms with E-state index >= 15 is 0 Å². The van der Waals surface area contributed by atoms with Crippen molar-refractivity contribution >= 4 is 21.9 Å². The minimum absolute atomic E-state index is 0.191. The van der Waals surface area contributed by atoms with E-state index in [0.717, 1.165) is 12.8 Å². The highest BCUT2D eigenvalue weighted by Gasteiger charge is 2.45. The molecular formula is C14H16N2O5S. The van der Waals surface area contributed by atoms with Crippen LogP contribution in [0.3, 0.4) is 0 Å². The molecule has 2 aliphatic heterocycles. The number of carbonyl (C=O) groups is 2.